The zero-order valence-electron chi connectivity index (χ0n) is 26.1. The molecule has 0 spiro atoms. The fraction of sp³-hybridized carbons (Fsp3) is 0.429. The lowest BCUT2D eigenvalue weighted by atomic mass is 9.84. The number of nitrogens with one attached hydrogen (secondary N) is 1. The highest BCUT2D eigenvalue weighted by molar-refractivity contribution is 7.80. The lowest BCUT2D eigenvalue weighted by Crippen LogP contribution is -2.76. The maximum Gasteiger partial charge on any atom is 0.418 e. The number of carbonyl (C=O) groups is 3. The summed E-state index contributed by atoms with van der Waals surface area (Å²) < 4.78 is 45.7. The minimum absolute atomic E-state index is 0.0672. The third kappa shape index (κ3) is 7.26. The molecule has 20 heteroatoms. The largest absolute Gasteiger partial charge is 0.485 e. The number of nitrogens with zero attached hydrogens (tertiary/aromatic N) is 5. The van der Waals surface area contributed by atoms with E-state index in [4.69, 9.17) is 25.6 Å². The van der Waals surface area contributed by atoms with Gasteiger partial charge in [-0.2, -0.15) is 18.2 Å². The number of fused-ring (bicyclic) bond motifs is 1. The molecule has 0 saturated carbocycles. The lowest BCUT2D eigenvalue weighted by molar-refractivity contribution is -0.753. The molecule has 48 heavy (non-hydrogen) atoms. The van der Waals surface area contributed by atoms with Crippen molar-refractivity contribution in [1.29, 1.82) is 0 Å². The zero-order chi connectivity index (χ0) is 35.0. The number of ether oxygens (including phenoxy) is 1. The first-order chi connectivity index (χ1) is 22.6. The van der Waals surface area contributed by atoms with E-state index in [9.17, 15) is 27.9 Å². The van der Waals surface area contributed by atoms with Gasteiger partial charge in [0.15, 0.2) is 17.9 Å². The number of nitrogens with two attached hydrogens (primary N) is 2. The molecule has 2 aromatic heterocycles. The number of benzene rings is 1. The molecule has 0 bridgehead atoms. The quantitative estimate of drug-likeness (QED) is 0.0507. The van der Waals surface area contributed by atoms with E-state index in [2.05, 4.69) is 24.4 Å². The standard InChI is InChI=1S/C28H34N8O10S2/c1-28(2)23(25(38)36(28)46-48(41,42)43)32-24(37)21(18-14-47-27(30)31-18)33-45-22(26(39)40)20-8-6-16-11-15(5-7-19(16)44-20)17-12-34(3)35(13-17)10-4-9-29/h5,7,11-14,20,22-23H,4,6,8-10,29H2,1-3H3,(H4-,30,31,32,37,39,40,41,42,43)/p+1/b33-21-/t20-,22+,23-/m1/s1. The van der Waals surface area contributed by atoms with Crippen LogP contribution >= 0.6 is 11.3 Å². The number of β-lactam (4-membered cyclic amide) rings is 1. The van der Waals surface area contributed by atoms with Gasteiger partial charge < -0.3 is 31.5 Å². The molecule has 0 aliphatic carbocycles. The number of nitrogen functional groups attached to an aromatic ring is 1. The van der Waals surface area contributed by atoms with Crippen LogP contribution in [-0.4, -0.2) is 86.6 Å². The average molecular weight is 708 g/mol. The summed E-state index contributed by atoms with van der Waals surface area (Å²) in [6.07, 6.45) is 2.98. The summed E-state index contributed by atoms with van der Waals surface area (Å²) in [5.41, 5.74) is 12.2. The molecule has 1 saturated heterocycles. The average Bonchev–Trinajstić information content (AvgIpc) is 3.63. The number of carbonyl (C=O) groups excluding carboxylic acids is 2. The number of carboxylic acid groups (broad SMARTS) is 1. The lowest BCUT2D eigenvalue weighted by Gasteiger charge is -2.50. The summed E-state index contributed by atoms with van der Waals surface area (Å²) >= 11 is 0.974. The van der Waals surface area contributed by atoms with Crippen LogP contribution in [0.25, 0.3) is 11.1 Å². The number of anilines is 1. The van der Waals surface area contributed by atoms with E-state index in [-0.39, 0.29) is 17.2 Å². The zero-order valence-corrected chi connectivity index (χ0v) is 27.7. The van der Waals surface area contributed by atoms with Gasteiger partial charge in [-0.05, 0) is 62.9 Å². The van der Waals surface area contributed by atoms with E-state index in [1.807, 2.05) is 36.3 Å². The summed E-state index contributed by atoms with van der Waals surface area (Å²) in [6.45, 7) is 4.11. The van der Waals surface area contributed by atoms with Crippen LogP contribution in [0.1, 0.15) is 37.9 Å². The monoisotopic (exact) mass is 707 g/mol. The molecule has 7 N–H and O–H groups in total. The SMILES string of the molecule is C[n+]1cc(-c2ccc3c(c2)CC[C@H]([C@H](O/N=C(\C(=O)N[C@@H]2C(=O)N(OS(=O)(=O)O)C2(C)C)c2csc(N)n2)C(=O)O)O3)cn1CCCN. The Morgan fingerprint density at radius 2 is 2.08 bits per heavy atom. The maximum absolute atomic E-state index is 13.4. The van der Waals surface area contributed by atoms with Gasteiger partial charge in [0.1, 0.15) is 23.6 Å². The molecular weight excluding hydrogens is 672 g/mol. The fourth-order valence-electron chi connectivity index (χ4n) is 5.39. The summed E-state index contributed by atoms with van der Waals surface area (Å²) in [4.78, 5) is 47.7. The topological polar surface area (TPSA) is 255 Å². The molecule has 2 aliphatic rings. The number of hydrogen-bond acceptors (Lipinski definition) is 13. The maximum atomic E-state index is 13.4. The molecule has 1 aromatic carbocycles. The Labute approximate surface area is 278 Å². The molecule has 3 atom stereocenters. The highest BCUT2D eigenvalue weighted by Crippen LogP contribution is 2.34. The van der Waals surface area contributed by atoms with Gasteiger partial charge in [-0.25, -0.2) is 9.78 Å². The number of hydroxylamine groups is 2. The summed E-state index contributed by atoms with van der Waals surface area (Å²) in [5.74, 6) is -2.91. The first-order valence-corrected chi connectivity index (χ1v) is 16.9. The van der Waals surface area contributed by atoms with Gasteiger partial charge in [-0.3, -0.25) is 14.1 Å². The van der Waals surface area contributed by atoms with Gasteiger partial charge in [-0.15, -0.1) is 20.3 Å². The van der Waals surface area contributed by atoms with E-state index < -0.39 is 57.7 Å². The van der Waals surface area contributed by atoms with Gasteiger partial charge in [0.05, 0.1) is 23.8 Å². The van der Waals surface area contributed by atoms with Crippen molar-refractivity contribution in [3.8, 4) is 16.9 Å². The van der Waals surface area contributed by atoms with Gasteiger partial charge in [0.25, 0.3) is 17.9 Å². The van der Waals surface area contributed by atoms with Crippen LogP contribution in [0.2, 0.25) is 0 Å². The minimum Gasteiger partial charge on any atom is -0.485 e. The van der Waals surface area contributed by atoms with Crippen LogP contribution in [0.4, 0.5) is 5.13 Å². The Morgan fingerprint density at radius 1 is 1.33 bits per heavy atom. The Kier molecular flexibility index (Phi) is 9.74. The van der Waals surface area contributed by atoms with E-state index in [0.717, 1.165) is 41.0 Å². The van der Waals surface area contributed by atoms with E-state index in [1.165, 1.54) is 19.2 Å². The van der Waals surface area contributed by atoms with Crippen molar-refractivity contribution in [2.24, 2.45) is 17.9 Å². The molecule has 1 fully saturated rings. The van der Waals surface area contributed by atoms with Crippen molar-refractivity contribution in [3.63, 3.8) is 0 Å². The normalized spacial score (nSPS) is 19.6. The van der Waals surface area contributed by atoms with E-state index >= 15 is 0 Å². The van der Waals surface area contributed by atoms with Crippen molar-refractivity contribution in [3.05, 3.63) is 47.2 Å². The van der Waals surface area contributed by atoms with Crippen LogP contribution < -0.4 is 26.2 Å². The van der Waals surface area contributed by atoms with Gasteiger partial charge in [0, 0.05) is 5.38 Å². The van der Waals surface area contributed by atoms with E-state index in [1.54, 1.807) is 6.07 Å². The number of amides is 2. The summed E-state index contributed by atoms with van der Waals surface area (Å²) in [5, 5.41) is 18.1. The highest BCUT2D eigenvalue weighted by atomic mass is 32.3. The molecule has 0 unspecified atom stereocenters. The molecular formula is C28H35N8O10S2+. The third-order valence-electron chi connectivity index (χ3n) is 7.92. The minimum atomic E-state index is -5.02. The van der Waals surface area contributed by atoms with Crippen LogP contribution in [0.5, 0.6) is 5.75 Å². The number of aliphatic carboxylic acids is 1. The molecule has 18 nitrogen and oxygen atoms in total. The molecule has 5 rings (SSSR count). The second-order valence-corrected chi connectivity index (χ2v) is 13.6. The Balaban J connectivity index is 1.32. The van der Waals surface area contributed by atoms with Crippen LogP contribution in [-0.2, 0) is 53.9 Å². The Hall–Kier alpha value is -4.63. The summed E-state index contributed by atoms with van der Waals surface area (Å²) in [6, 6.07) is 4.31. The van der Waals surface area contributed by atoms with Gasteiger partial charge in [-0.1, -0.05) is 11.2 Å². The first kappa shape index (κ1) is 34.7. The Morgan fingerprint density at radius 3 is 2.71 bits per heavy atom. The molecule has 4 heterocycles. The fourth-order valence-corrected chi connectivity index (χ4v) is 6.39. The van der Waals surface area contributed by atoms with Crippen molar-refractivity contribution in [1.82, 2.24) is 20.0 Å². The number of aryl methyl sites for hydroxylation is 3. The number of rotatable bonds is 13. The number of thiazole rings is 1. The number of oxime groups is 1. The molecule has 2 aliphatic heterocycles. The van der Waals surface area contributed by atoms with E-state index in [0.29, 0.717) is 23.8 Å². The predicted molar refractivity (Wildman–Crippen MR) is 169 cm³/mol. The van der Waals surface area contributed by atoms with Gasteiger partial charge >= 0.3 is 16.4 Å². The number of aromatic nitrogens is 3. The number of hydrogen-bond donors (Lipinski definition) is 5. The molecule has 2 amide bonds. The van der Waals surface area contributed by atoms with Crippen molar-refractivity contribution in [2.75, 3.05) is 12.3 Å². The van der Waals surface area contributed by atoms with Crippen LogP contribution in [0.3, 0.4) is 0 Å². The molecule has 0 radical (unpaired) electrons. The van der Waals surface area contributed by atoms with Crippen LogP contribution in [0, 0.1) is 0 Å². The predicted octanol–water partition coefficient (Wildman–Crippen LogP) is -0.225. The second-order valence-electron chi connectivity index (χ2n) is 11.7. The molecule has 258 valence electrons. The highest BCUT2D eigenvalue weighted by Gasteiger charge is 2.58. The van der Waals surface area contributed by atoms with Crippen molar-refractivity contribution >= 4 is 50.4 Å². The summed E-state index contributed by atoms with van der Waals surface area (Å²) in [7, 11) is -3.07. The van der Waals surface area contributed by atoms with Crippen molar-refractivity contribution in [2.45, 2.75) is 63.4 Å². The van der Waals surface area contributed by atoms with Crippen molar-refractivity contribution < 1.29 is 51.0 Å². The molecule has 3 aromatic rings. The van der Waals surface area contributed by atoms with Gasteiger partial charge in [0.2, 0.25) is 6.20 Å². The van der Waals surface area contributed by atoms with Crippen LogP contribution in [0.15, 0.2) is 41.1 Å². The third-order valence-corrected chi connectivity index (χ3v) is 8.93. The second kappa shape index (κ2) is 13.5. The smallest absolute Gasteiger partial charge is 0.418 e. The Bertz CT molecular complexity index is 1870. The number of carboxylic acids is 1. The first-order valence-electron chi connectivity index (χ1n) is 14.6.